The molecule has 0 saturated carbocycles. The fourth-order valence-corrected chi connectivity index (χ4v) is 1.26. The molecule has 1 nitrogen and oxygen atoms in total. The van der Waals surface area contributed by atoms with Gasteiger partial charge in [-0.15, -0.1) is 0 Å². The number of benzene rings is 1. The largest absolute Gasteiger partial charge is 0.512 e. The van der Waals surface area contributed by atoms with Gasteiger partial charge in [-0.05, 0) is 17.2 Å². The molecule has 0 aliphatic heterocycles. The maximum Gasteiger partial charge on any atom is 0.0972 e. The topological polar surface area (TPSA) is 20.2 Å². The van der Waals surface area contributed by atoms with Crippen LogP contribution >= 0.6 is 0 Å². The van der Waals surface area contributed by atoms with E-state index in [0.29, 0.717) is 12.2 Å². The van der Waals surface area contributed by atoms with Crippen molar-refractivity contribution >= 4 is 6.08 Å². The van der Waals surface area contributed by atoms with Crippen LogP contribution in [0.3, 0.4) is 0 Å². The Morgan fingerprint density at radius 3 is 2.64 bits per heavy atom. The van der Waals surface area contributed by atoms with Gasteiger partial charge in [0, 0.05) is 28.1 Å². The van der Waals surface area contributed by atoms with Gasteiger partial charge >= 0.3 is 0 Å². The van der Waals surface area contributed by atoms with Crippen molar-refractivity contribution in [3.8, 4) is 0 Å². The molecule has 1 aromatic carbocycles. The molecule has 1 N–H and O–H groups in total. The molecule has 0 heterocycles. The quantitative estimate of drug-likeness (QED) is 0.606. The first kappa shape index (κ1) is 8.57. The summed E-state index contributed by atoms with van der Waals surface area (Å²) in [5.41, 5.74) is 2.38. The molecule has 0 radical (unpaired) electrons. The van der Waals surface area contributed by atoms with Crippen molar-refractivity contribution in [3.05, 3.63) is 41.2 Å². The number of aliphatic hydroxyl groups excluding tert-OH is 1. The molecule has 1 aliphatic carbocycles. The molecule has 54 valence electrons. The van der Waals surface area contributed by atoms with E-state index in [1.165, 1.54) is 5.56 Å². The predicted molar refractivity (Wildman–Crippen MR) is 40.8 cm³/mol. The van der Waals surface area contributed by atoms with Gasteiger partial charge in [0.1, 0.15) is 0 Å². The zero-order valence-electron chi connectivity index (χ0n) is 6.04. The summed E-state index contributed by atoms with van der Waals surface area (Å²) in [4.78, 5) is 0. The summed E-state index contributed by atoms with van der Waals surface area (Å²) in [5.74, 6) is 0.473. The first-order valence-electron chi connectivity index (χ1n) is 3.34. The second kappa shape index (κ2) is 3.25. The second-order valence-electron chi connectivity index (χ2n) is 2.51. The van der Waals surface area contributed by atoms with Crippen molar-refractivity contribution in [1.29, 1.82) is 0 Å². The minimum atomic E-state index is 0. The monoisotopic (exact) mass is 180 g/mol. The van der Waals surface area contributed by atoms with Crippen LogP contribution in [0.2, 0.25) is 0 Å². The van der Waals surface area contributed by atoms with Gasteiger partial charge in [0.2, 0.25) is 0 Å². The molecule has 1 aliphatic rings. The molecular weight excluding hydrogens is 172 g/mol. The van der Waals surface area contributed by atoms with Crippen molar-refractivity contribution in [3.63, 3.8) is 0 Å². The van der Waals surface area contributed by atoms with Gasteiger partial charge in [-0.3, -0.25) is 0 Å². The number of hydrogen-bond acceptors (Lipinski definition) is 1. The van der Waals surface area contributed by atoms with Gasteiger partial charge in [-0.1, -0.05) is 24.3 Å². The summed E-state index contributed by atoms with van der Waals surface area (Å²) < 4.78 is 0. The van der Waals surface area contributed by atoms with Crippen molar-refractivity contribution in [1.82, 2.24) is 0 Å². The third-order valence-electron chi connectivity index (χ3n) is 1.75. The Kier molecular flexibility index (Phi) is 2.53. The smallest absolute Gasteiger partial charge is 0.0972 e. The molecule has 0 spiro atoms. The molecule has 11 heavy (non-hydrogen) atoms. The third kappa shape index (κ3) is 1.55. The molecule has 0 aromatic heterocycles. The van der Waals surface area contributed by atoms with E-state index in [-0.39, 0.29) is 21.7 Å². The Balaban J connectivity index is 0.000000605. The van der Waals surface area contributed by atoms with E-state index >= 15 is 0 Å². The van der Waals surface area contributed by atoms with Gasteiger partial charge in [0.15, 0.2) is 0 Å². The molecule has 0 amide bonds. The maximum atomic E-state index is 9.11. The molecule has 0 fully saturated rings. The number of fused-ring (bicyclic) bond motifs is 1. The van der Waals surface area contributed by atoms with Gasteiger partial charge in [0.25, 0.3) is 0 Å². The molecule has 1 aromatic rings. The Labute approximate surface area is 80.6 Å². The fourth-order valence-electron chi connectivity index (χ4n) is 1.26. The van der Waals surface area contributed by atoms with Crippen LogP contribution in [0.5, 0.6) is 0 Å². The van der Waals surface area contributed by atoms with Crippen LogP contribution in [-0.2, 0) is 28.1 Å². The average molecular weight is 180 g/mol. The standard InChI is InChI=1S/C9H8O.Ti/c10-9-5-7-3-1-2-4-8(7)6-9;/h1-5,10H,6H2;. The number of hydrogen-bond donors (Lipinski definition) is 1. The van der Waals surface area contributed by atoms with E-state index < -0.39 is 0 Å². The van der Waals surface area contributed by atoms with Gasteiger partial charge in [0.05, 0.1) is 5.76 Å². The first-order valence-corrected chi connectivity index (χ1v) is 3.34. The van der Waals surface area contributed by atoms with Crippen LogP contribution in [0.1, 0.15) is 11.1 Å². The first-order chi connectivity index (χ1) is 4.86. The minimum absolute atomic E-state index is 0. The van der Waals surface area contributed by atoms with Crippen molar-refractivity contribution in [2.75, 3.05) is 0 Å². The third-order valence-corrected chi connectivity index (χ3v) is 1.75. The van der Waals surface area contributed by atoms with E-state index in [9.17, 15) is 0 Å². The minimum Gasteiger partial charge on any atom is -0.512 e. The number of aliphatic hydroxyl groups is 1. The van der Waals surface area contributed by atoms with E-state index in [1.807, 2.05) is 30.3 Å². The molecular formula is C9H8OTi. The summed E-state index contributed by atoms with van der Waals surface area (Å²) >= 11 is 0. The van der Waals surface area contributed by atoms with Gasteiger partial charge in [-0.25, -0.2) is 0 Å². The van der Waals surface area contributed by atoms with Crippen LogP contribution < -0.4 is 0 Å². The SMILES string of the molecule is OC1=Cc2ccccc2C1.[Ti]. The van der Waals surface area contributed by atoms with Crippen molar-refractivity contribution in [2.45, 2.75) is 6.42 Å². The predicted octanol–water partition coefficient (Wildman–Crippen LogP) is 2.14. The molecule has 0 bridgehead atoms. The Morgan fingerprint density at radius 2 is 1.91 bits per heavy atom. The summed E-state index contributed by atoms with van der Waals surface area (Å²) in [6.45, 7) is 0. The number of allylic oxidation sites excluding steroid dienone is 1. The summed E-state index contributed by atoms with van der Waals surface area (Å²) in [6, 6.07) is 8.02. The van der Waals surface area contributed by atoms with Crippen LogP contribution in [0.15, 0.2) is 30.0 Å². The molecule has 2 rings (SSSR count). The maximum absolute atomic E-state index is 9.11. The molecule has 0 unspecified atom stereocenters. The van der Waals surface area contributed by atoms with Gasteiger partial charge < -0.3 is 5.11 Å². The van der Waals surface area contributed by atoms with Crippen LogP contribution in [0.4, 0.5) is 0 Å². The van der Waals surface area contributed by atoms with Gasteiger partial charge in [-0.2, -0.15) is 0 Å². The Hall–Kier alpha value is -0.526. The van der Waals surface area contributed by atoms with E-state index in [1.54, 1.807) is 0 Å². The van der Waals surface area contributed by atoms with E-state index in [2.05, 4.69) is 0 Å². The molecule has 0 saturated heterocycles. The van der Waals surface area contributed by atoms with Crippen molar-refractivity contribution in [2.24, 2.45) is 0 Å². The number of rotatable bonds is 0. The van der Waals surface area contributed by atoms with Crippen LogP contribution in [-0.4, -0.2) is 5.11 Å². The van der Waals surface area contributed by atoms with Crippen molar-refractivity contribution < 1.29 is 26.8 Å². The Morgan fingerprint density at radius 1 is 1.18 bits per heavy atom. The van der Waals surface area contributed by atoms with E-state index in [4.69, 9.17) is 5.11 Å². The summed E-state index contributed by atoms with van der Waals surface area (Å²) in [6.07, 6.45) is 2.52. The Bertz CT molecular complexity index is 291. The summed E-state index contributed by atoms with van der Waals surface area (Å²) in [5, 5.41) is 9.11. The van der Waals surface area contributed by atoms with Crippen LogP contribution in [0.25, 0.3) is 6.08 Å². The molecule has 2 heteroatoms. The normalized spacial score (nSPS) is 13.3. The second-order valence-corrected chi connectivity index (χ2v) is 2.51. The fraction of sp³-hybridized carbons (Fsp3) is 0.111. The summed E-state index contributed by atoms with van der Waals surface area (Å²) in [7, 11) is 0. The zero-order chi connectivity index (χ0) is 6.97. The zero-order valence-corrected chi connectivity index (χ0v) is 7.60. The van der Waals surface area contributed by atoms with E-state index in [0.717, 1.165) is 5.56 Å². The molecule has 0 atom stereocenters. The van der Waals surface area contributed by atoms with Crippen LogP contribution in [0, 0.1) is 0 Å². The average Bonchev–Trinajstić information content (AvgIpc) is 2.27.